The topological polar surface area (TPSA) is 12.5 Å². The van der Waals surface area contributed by atoms with Crippen LogP contribution in [0.15, 0.2) is 24.3 Å². The number of nitrogens with zero attached hydrogens (tertiary/aromatic N) is 1. The van der Waals surface area contributed by atoms with Gasteiger partial charge in [-0.3, -0.25) is 4.90 Å². The van der Waals surface area contributed by atoms with Crippen molar-refractivity contribution >= 4 is 11.6 Å². The molecule has 2 aliphatic heterocycles. The van der Waals surface area contributed by atoms with Crippen molar-refractivity contribution in [2.24, 2.45) is 0 Å². The summed E-state index contributed by atoms with van der Waals surface area (Å²) in [5, 5.41) is 0.386. The fourth-order valence-electron chi connectivity index (χ4n) is 3.50. The Morgan fingerprint density at radius 3 is 2.56 bits per heavy atom. The number of halogens is 1. The van der Waals surface area contributed by atoms with Gasteiger partial charge < -0.3 is 4.74 Å². The number of para-hydroxylation sites is 1. The molecule has 1 aromatic carbocycles. The Morgan fingerprint density at radius 2 is 1.89 bits per heavy atom. The summed E-state index contributed by atoms with van der Waals surface area (Å²) in [6.45, 7) is 1.00. The second-order valence-corrected chi connectivity index (χ2v) is 6.06. The number of piperidine rings is 1. The van der Waals surface area contributed by atoms with Gasteiger partial charge in [0.05, 0.1) is 7.11 Å². The van der Waals surface area contributed by atoms with E-state index in [0.717, 1.165) is 25.1 Å². The average Bonchev–Trinajstić information content (AvgIpc) is 2.62. The first-order valence-corrected chi connectivity index (χ1v) is 7.23. The summed E-state index contributed by atoms with van der Waals surface area (Å²) in [7, 11) is 1.75. The van der Waals surface area contributed by atoms with Gasteiger partial charge in [0.15, 0.2) is 0 Å². The van der Waals surface area contributed by atoms with Crippen LogP contribution in [0.1, 0.15) is 31.2 Å². The molecule has 3 rings (SSSR count). The molecule has 0 saturated carbocycles. The van der Waals surface area contributed by atoms with Gasteiger partial charge in [-0.05, 0) is 31.7 Å². The average molecular weight is 266 g/mol. The number of ether oxygens (including phenoxy) is 1. The van der Waals surface area contributed by atoms with Gasteiger partial charge in [-0.15, -0.1) is 11.6 Å². The van der Waals surface area contributed by atoms with Gasteiger partial charge in [-0.1, -0.05) is 18.2 Å². The zero-order chi connectivity index (χ0) is 12.5. The van der Waals surface area contributed by atoms with Crippen molar-refractivity contribution in [3.8, 4) is 5.75 Å². The number of hydrogen-bond donors (Lipinski definition) is 0. The quantitative estimate of drug-likeness (QED) is 0.777. The number of methoxy groups -OCH3 is 1. The highest BCUT2D eigenvalue weighted by Gasteiger charge is 2.40. The van der Waals surface area contributed by atoms with Gasteiger partial charge in [0.25, 0.3) is 0 Å². The Kier molecular flexibility index (Phi) is 3.49. The van der Waals surface area contributed by atoms with E-state index in [1.165, 1.54) is 18.4 Å². The molecule has 0 spiro atoms. The Balaban J connectivity index is 1.77. The van der Waals surface area contributed by atoms with Crippen LogP contribution in [0, 0.1) is 0 Å². The highest BCUT2D eigenvalue weighted by molar-refractivity contribution is 6.20. The fourth-order valence-corrected chi connectivity index (χ4v) is 3.91. The summed E-state index contributed by atoms with van der Waals surface area (Å²) < 4.78 is 5.45. The largest absolute Gasteiger partial charge is 0.496 e. The lowest BCUT2D eigenvalue weighted by atomic mass is 10.0. The third kappa shape index (κ3) is 2.24. The van der Waals surface area contributed by atoms with Crippen molar-refractivity contribution in [1.82, 2.24) is 4.90 Å². The van der Waals surface area contributed by atoms with E-state index >= 15 is 0 Å². The van der Waals surface area contributed by atoms with Crippen LogP contribution in [0.4, 0.5) is 0 Å². The second kappa shape index (κ2) is 5.10. The smallest absolute Gasteiger partial charge is 0.123 e. The van der Waals surface area contributed by atoms with E-state index < -0.39 is 0 Å². The Morgan fingerprint density at radius 1 is 1.22 bits per heavy atom. The zero-order valence-corrected chi connectivity index (χ0v) is 11.6. The normalized spacial score (nSPS) is 31.6. The third-order valence-corrected chi connectivity index (χ3v) is 4.73. The number of hydrogen-bond acceptors (Lipinski definition) is 2. The van der Waals surface area contributed by atoms with Crippen LogP contribution in [0.2, 0.25) is 0 Å². The molecule has 2 unspecified atom stereocenters. The minimum absolute atomic E-state index is 0.386. The van der Waals surface area contributed by atoms with Gasteiger partial charge in [0.2, 0.25) is 0 Å². The van der Waals surface area contributed by atoms with E-state index in [-0.39, 0.29) is 0 Å². The molecule has 2 aliphatic rings. The molecule has 0 radical (unpaired) electrons. The highest BCUT2D eigenvalue weighted by atomic mass is 35.5. The van der Waals surface area contributed by atoms with Crippen LogP contribution in [-0.4, -0.2) is 29.5 Å². The summed E-state index contributed by atoms with van der Waals surface area (Å²) in [5.74, 6) is 1.00. The first-order chi connectivity index (χ1) is 8.78. The van der Waals surface area contributed by atoms with Crippen LogP contribution in [-0.2, 0) is 6.54 Å². The molecule has 0 amide bonds. The van der Waals surface area contributed by atoms with Gasteiger partial charge in [-0.25, -0.2) is 0 Å². The minimum atomic E-state index is 0.386. The SMILES string of the molecule is COc1ccccc1CN1C2CCC1CC(Cl)C2. The number of benzene rings is 1. The maximum Gasteiger partial charge on any atom is 0.123 e. The third-order valence-electron chi connectivity index (χ3n) is 4.37. The second-order valence-electron chi connectivity index (χ2n) is 5.44. The maximum atomic E-state index is 6.32. The van der Waals surface area contributed by atoms with Crippen LogP contribution in [0.5, 0.6) is 5.75 Å². The van der Waals surface area contributed by atoms with Crippen molar-refractivity contribution in [3.05, 3.63) is 29.8 Å². The first kappa shape index (κ1) is 12.3. The Bertz CT molecular complexity index is 409. The Labute approximate surface area is 114 Å². The lowest BCUT2D eigenvalue weighted by Crippen LogP contribution is -2.42. The van der Waals surface area contributed by atoms with Gasteiger partial charge in [-0.2, -0.15) is 0 Å². The van der Waals surface area contributed by atoms with Crippen molar-refractivity contribution in [2.75, 3.05) is 7.11 Å². The molecule has 18 heavy (non-hydrogen) atoms. The fraction of sp³-hybridized carbons (Fsp3) is 0.600. The van der Waals surface area contributed by atoms with E-state index in [9.17, 15) is 0 Å². The predicted molar refractivity (Wildman–Crippen MR) is 74.2 cm³/mol. The van der Waals surface area contributed by atoms with E-state index in [2.05, 4.69) is 17.0 Å². The van der Waals surface area contributed by atoms with Crippen molar-refractivity contribution in [3.63, 3.8) is 0 Å². The summed E-state index contributed by atoms with van der Waals surface area (Å²) in [5.41, 5.74) is 1.30. The van der Waals surface area contributed by atoms with Gasteiger partial charge in [0, 0.05) is 29.6 Å². The van der Waals surface area contributed by atoms with Crippen LogP contribution in [0.25, 0.3) is 0 Å². The lowest BCUT2D eigenvalue weighted by Gasteiger charge is -2.37. The predicted octanol–water partition coefficient (Wildman–Crippen LogP) is 3.43. The number of alkyl halides is 1. The summed E-state index contributed by atoms with van der Waals surface area (Å²) in [4.78, 5) is 2.64. The van der Waals surface area contributed by atoms with Crippen LogP contribution < -0.4 is 4.74 Å². The highest BCUT2D eigenvalue weighted by Crippen LogP contribution is 2.39. The molecule has 2 nitrogen and oxygen atoms in total. The molecule has 3 heteroatoms. The molecule has 2 bridgehead atoms. The summed E-state index contributed by atoms with van der Waals surface area (Å²) >= 11 is 6.32. The van der Waals surface area contributed by atoms with Crippen molar-refractivity contribution in [1.29, 1.82) is 0 Å². The van der Waals surface area contributed by atoms with E-state index in [1.54, 1.807) is 7.11 Å². The van der Waals surface area contributed by atoms with Crippen molar-refractivity contribution < 1.29 is 4.74 Å². The molecule has 0 N–H and O–H groups in total. The number of fused-ring (bicyclic) bond motifs is 2. The first-order valence-electron chi connectivity index (χ1n) is 6.79. The zero-order valence-electron chi connectivity index (χ0n) is 10.8. The lowest BCUT2D eigenvalue weighted by molar-refractivity contribution is 0.133. The molecule has 2 atom stereocenters. The maximum absolute atomic E-state index is 6.32. The molecule has 2 saturated heterocycles. The molecule has 2 fully saturated rings. The van der Waals surface area contributed by atoms with Crippen LogP contribution >= 0.6 is 11.6 Å². The molecule has 98 valence electrons. The Hall–Kier alpha value is -0.730. The van der Waals surface area contributed by atoms with E-state index in [4.69, 9.17) is 16.3 Å². The molecule has 1 aromatic rings. The van der Waals surface area contributed by atoms with Crippen molar-refractivity contribution in [2.45, 2.75) is 49.7 Å². The molecular weight excluding hydrogens is 246 g/mol. The molecular formula is C15H20ClNO. The van der Waals surface area contributed by atoms with Gasteiger partial charge >= 0.3 is 0 Å². The summed E-state index contributed by atoms with van der Waals surface area (Å²) in [6.07, 6.45) is 4.91. The standard InChI is InChI=1S/C15H20ClNO/c1-18-15-5-3-2-4-11(15)10-17-13-6-7-14(17)9-12(16)8-13/h2-5,12-14H,6-10H2,1H3. The molecule has 0 aromatic heterocycles. The monoisotopic (exact) mass is 265 g/mol. The summed E-state index contributed by atoms with van der Waals surface area (Å²) in [6, 6.07) is 9.69. The molecule has 2 heterocycles. The molecule has 0 aliphatic carbocycles. The van der Waals surface area contributed by atoms with Crippen LogP contribution in [0.3, 0.4) is 0 Å². The number of rotatable bonds is 3. The van der Waals surface area contributed by atoms with Gasteiger partial charge in [0.1, 0.15) is 5.75 Å². The minimum Gasteiger partial charge on any atom is -0.496 e. The van der Waals surface area contributed by atoms with E-state index in [0.29, 0.717) is 17.5 Å². The van der Waals surface area contributed by atoms with E-state index in [1.807, 2.05) is 12.1 Å².